The summed E-state index contributed by atoms with van der Waals surface area (Å²) in [6.07, 6.45) is 1.94. The molecule has 152 valence electrons. The Morgan fingerprint density at radius 2 is 1.87 bits per heavy atom. The lowest BCUT2D eigenvalue weighted by atomic mass is 10.0. The monoisotopic (exact) mass is 400 g/mol. The molecule has 0 atom stereocenters. The fourth-order valence-electron chi connectivity index (χ4n) is 3.48. The summed E-state index contributed by atoms with van der Waals surface area (Å²) in [5.74, 6) is 0.561. The van der Waals surface area contributed by atoms with Crippen molar-refractivity contribution >= 4 is 16.9 Å². The van der Waals surface area contributed by atoms with Crippen LogP contribution < -0.4 is 10.1 Å². The molecule has 4 aromatic rings. The number of para-hydroxylation sites is 1. The minimum absolute atomic E-state index is 0.134. The number of nitrogens with one attached hydrogen (secondary N) is 2. The number of benzene rings is 2. The molecule has 4 rings (SSSR count). The van der Waals surface area contributed by atoms with Gasteiger partial charge in [0, 0.05) is 17.7 Å². The van der Waals surface area contributed by atoms with E-state index in [1.54, 1.807) is 7.11 Å². The van der Waals surface area contributed by atoms with E-state index in [4.69, 9.17) is 9.72 Å². The smallest absolute Gasteiger partial charge is 0.252 e. The fourth-order valence-corrected chi connectivity index (χ4v) is 3.48. The molecule has 0 unspecified atom stereocenters. The highest BCUT2D eigenvalue weighted by Crippen LogP contribution is 2.34. The molecule has 30 heavy (non-hydrogen) atoms. The summed E-state index contributed by atoms with van der Waals surface area (Å²) in [6, 6.07) is 19.3. The van der Waals surface area contributed by atoms with Crippen LogP contribution >= 0.6 is 0 Å². The maximum absolute atomic E-state index is 13.1. The first kappa shape index (κ1) is 19.6. The number of fused-ring (bicyclic) bond motifs is 1. The first-order valence-corrected chi connectivity index (χ1v) is 10.1. The summed E-state index contributed by atoms with van der Waals surface area (Å²) in [5.41, 5.74) is 4.24. The minimum atomic E-state index is -0.134. The van der Waals surface area contributed by atoms with Gasteiger partial charge in [-0.2, -0.15) is 5.10 Å². The standard InChI is InChI=1S/C24H24N4O2/c1-3-4-14-25-24(29)18-15-19(17-12-8-9-13-20(17)30-2)26-23-21(18)22(27-28-23)16-10-6-5-7-11-16/h5-13,15H,3-4,14H2,1-2H3,(H,25,29)(H,26,27,28). The fraction of sp³-hybridized carbons (Fsp3) is 0.208. The van der Waals surface area contributed by atoms with Crippen molar-refractivity contribution in [2.75, 3.05) is 13.7 Å². The first-order chi connectivity index (χ1) is 14.7. The summed E-state index contributed by atoms with van der Waals surface area (Å²) in [5, 5.41) is 11.2. The van der Waals surface area contributed by atoms with Crippen molar-refractivity contribution in [3.63, 3.8) is 0 Å². The number of rotatable bonds is 7. The van der Waals surface area contributed by atoms with E-state index in [0.29, 0.717) is 34.6 Å². The van der Waals surface area contributed by atoms with Gasteiger partial charge in [0.05, 0.1) is 29.4 Å². The third-order valence-electron chi connectivity index (χ3n) is 5.03. The molecule has 0 radical (unpaired) electrons. The second kappa shape index (κ2) is 8.78. The number of aromatic amines is 1. The zero-order chi connectivity index (χ0) is 20.9. The van der Waals surface area contributed by atoms with Crippen LogP contribution in [0.4, 0.5) is 0 Å². The third kappa shape index (κ3) is 3.76. The van der Waals surface area contributed by atoms with Crippen LogP contribution in [0.5, 0.6) is 5.75 Å². The van der Waals surface area contributed by atoms with Gasteiger partial charge in [0.25, 0.3) is 5.91 Å². The number of hydrogen-bond donors (Lipinski definition) is 2. The van der Waals surface area contributed by atoms with Gasteiger partial charge < -0.3 is 10.1 Å². The molecule has 0 aliphatic rings. The summed E-state index contributed by atoms with van der Waals surface area (Å²) in [4.78, 5) is 17.9. The van der Waals surface area contributed by atoms with Gasteiger partial charge >= 0.3 is 0 Å². The molecule has 0 spiro atoms. The van der Waals surface area contributed by atoms with Crippen molar-refractivity contribution in [1.29, 1.82) is 0 Å². The van der Waals surface area contributed by atoms with Gasteiger partial charge in [-0.3, -0.25) is 9.89 Å². The van der Waals surface area contributed by atoms with Crippen LogP contribution in [0, 0.1) is 0 Å². The predicted molar refractivity (Wildman–Crippen MR) is 119 cm³/mol. The Morgan fingerprint density at radius 1 is 1.10 bits per heavy atom. The molecule has 6 heteroatoms. The SMILES string of the molecule is CCCCNC(=O)c1cc(-c2ccccc2OC)nc2n[nH]c(-c3ccccc3)c12. The number of carbonyl (C=O) groups is 1. The average molecular weight is 400 g/mol. The van der Waals surface area contributed by atoms with Gasteiger partial charge in [-0.25, -0.2) is 4.98 Å². The number of ether oxygens (including phenoxy) is 1. The lowest BCUT2D eigenvalue weighted by Gasteiger charge is -2.11. The predicted octanol–water partition coefficient (Wildman–Crippen LogP) is 4.83. The van der Waals surface area contributed by atoms with Crippen molar-refractivity contribution in [1.82, 2.24) is 20.5 Å². The highest BCUT2D eigenvalue weighted by molar-refractivity contribution is 6.11. The molecule has 2 aromatic carbocycles. The van der Waals surface area contributed by atoms with Gasteiger partial charge in [0.1, 0.15) is 5.75 Å². The topological polar surface area (TPSA) is 79.9 Å². The molecule has 0 aliphatic carbocycles. The van der Waals surface area contributed by atoms with E-state index >= 15 is 0 Å². The molecule has 0 aliphatic heterocycles. The minimum Gasteiger partial charge on any atom is -0.496 e. The molecule has 0 saturated carbocycles. The Labute approximate surface area is 175 Å². The Bertz CT molecular complexity index is 1170. The van der Waals surface area contributed by atoms with Crippen molar-refractivity contribution in [3.05, 3.63) is 66.2 Å². The maximum atomic E-state index is 13.1. The van der Waals surface area contributed by atoms with Crippen LogP contribution in [0.25, 0.3) is 33.5 Å². The van der Waals surface area contributed by atoms with E-state index in [0.717, 1.165) is 29.7 Å². The second-order valence-corrected chi connectivity index (χ2v) is 7.03. The third-order valence-corrected chi connectivity index (χ3v) is 5.03. The Balaban J connectivity index is 1.90. The van der Waals surface area contributed by atoms with Crippen LogP contribution in [0.1, 0.15) is 30.1 Å². The summed E-state index contributed by atoms with van der Waals surface area (Å²) in [7, 11) is 1.62. The molecular formula is C24H24N4O2. The molecule has 0 fully saturated rings. The summed E-state index contributed by atoms with van der Waals surface area (Å²) in [6.45, 7) is 2.72. The number of nitrogens with zero attached hydrogens (tertiary/aromatic N) is 2. The highest BCUT2D eigenvalue weighted by atomic mass is 16.5. The molecule has 2 heterocycles. The maximum Gasteiger partial charge on any atom is 0.252 e. The van der Waals surface area contributed by atoms with E-state index in [1.165, 1.54) is 0 Å². The van der Waals surface area contributed by atoms with Crippen LogP contribution in [0.2, 0.25) is 0 Å². The average Bonchev–Trinajstić information content (AvgIpc) is 3.23. The molecule has 2 N–H and O–H groups in total. The number of pyridine rings is 1. The van der Waals surface area contributed by atoms with Crippen LogP contribution in [-0.4, -0.2) is 34.7 Å². The van der Waals surface area contributed by atoms with Gasteiger partial charge in [-0.1, -0.05) is 55.8 Å². The molecule has 2 aromatic heterocycles. The van der Waals surface area contributed by atoms with E-state index in [9.17, 15) is 4.79 Å². The lowest BCUT2D eigenvalue weighted by molar-refractivity contribution is 0.0955. The van der Waals surface area contributed by atoms with Gasteiger partial charge in [-0.05, 0) is 24.6 Å². The van der Waals surface area contributed by atoms with Gasteiger partial charge in [0.15, 0.2) is 5.65 Å². The second-order valence-electron chi connectivity index (χ2n) is 7.03. The van der Waals surface area contributed by atoms with Crippen LogP contribution in [0.15, 0.2) is 60.7 Å². The Morgan fingerprint density at radius 3 is 2.63 bits per heavy atom. The van der Waals surface area contributed by atoms with Gasteiger partial charge in [-0.15, -0.1) is 0 Å². The highest BCUT2D eigenvalue weighted by Gasteiger charge is 2.21. The number of unbranched alkanes of at least 4 members (excludes halogenated alkanes) is 1. The zero-order valence-electron chi connectivity index (χ0n) is 17.1. The molecule has 0 bridgehead atoms. The normalized spacial score (nSPS) is 10.9. The van der Waals surface area contributed by atoms with E-state index in [-0.39, 0.29) is 5.91 Å². The van der Waals surface area contributed by atoms with Crippen molar-refractivity contribution in [3.8, 4) is 28.3 Å². The summed E-state index contributed by atoms with van der Waals surface area (Å²) >= 11 is 0. The molecular weight excluding hydrogens is 376 g/mol. The number of H-pyrrole nitrogens is 1. The van der Waals surface area contributed by atoms with Crippen molar-refractivity contribution < 1.29 is 9.53 Å². The van der Waals surface area contributed by atoms with Crippen LogP contribution in [0.3, 0.4) is 0 Å². The first-order valence-electron chi connectivity index (χ1n) is 10.1. The number of carbonyl (C=O) groups excluding carboxylic acids is 1. The van der Waals surface area contributed by atoms with Crippen LogP contribution in [-0.2, 0) is 0 Å². The van der Waals surface area contributed by atoms with Crippen molar-refractivity contribution in [2.45, 2.75) is 19.8 Å². The molecule has 6 nitrogen and oxygen atoms in total. The van der Waals surface area contributed by atoms with E-state index in [2.05, 4.69) is 22.4 Å². The van der Waals surface area contributed by atoms with Gasteiger partial charge in [0.2, 0.25) is 0 Å². The Hall–Kier alpha value is -3.67. The number of methoxy groups -OCH3 is 1. The number of aromatic nitrogens is 3. The largest absolute Gasteiger partial charge is 0.496 e. The number of amides is 1. The Kier molecular flexibility index (Phi) is 5.75. The molecule has 0 saturated heterocycles. The molecule has 1 amide bonds. The number of hydrogen-bond acceptors (Lipinski definition) is 4. The summed E-state index contributed by atoms with van der Waals surface area (Å²) < 4.78 is 5.50. The van der Waals surface area contributed by atoms with E-state index < -0.39 is 0 Å². The van der Waals surface area contributed by atoms with E-state index in [1.807, 2.05) is 60.7 Å². The zero-order valence-corrected chi connectivity index (χ0v) is 17.1. The quantitative estimate of drug-likeness (QED) is 0.436. The lowest BCUT2D eigenvalue weighted by Crippen LogP contribution is -2.24. The van der Waals surface area contributed by atoms with Crippen molar-refractivity contribution in [2.24, 2.45) is 0 Å².